The zero-order valence-electron chi connectivity index (χ0n) is 12.0. The van der Waals surface area contributed by atoms with Crippen LogP contribution in [0.5, 0.6) is 5.75 Å². The largest absolute Gasteiger partial charge is 0.461 e. The molecule has 2 rings (SSSR count). The van der Waals surface area contributed by atoms with Crippen molar-refractivity contribution in [2.45, 2.75) is 20.0 Å². The summed E-state index contributed by atoms with van der Waals surface area (Å²) in [6.07, 6.45) is 0.102. The quantitative estimate of drug-likeness (QED) is 0.629. The predicted molar refractivity (Wildman–Crippen MR) is 77.7 cm³/mol. The number of esters is 2. The van der Waals surface area contributed by atoms with Crippen LogP contribution >= 0.6 is 0 Å². The molecule has 0 atom stereocenters. The van der Waals surface area contributed by atoms with Gasteiger partial charge in [0.25, 0.3) is 0 Å². The number of hydrogen-bond donors (Lipinski definition) is 0. The standard InChI is InChI=1S/C17H15FO4/c1-12(19)21-11-14-4-2-13(3-5-14)10-17(20)22-16-8-6-15(18)7-9-16/h2-9H,10-11H2,1H3. The summed E-state index contributed by atoms with van der Waals surface area (Å²) in [5.41, 5.74) is 1.62. The summed E-state index contributed by atoms with van der Waals surface area (Å²) in [7, 11) is 0. The van der Waals surface area contributed by atoms with Gasteiger partial charge in [-0.05, 0) is 35.4 Å². The molecule has 0 unspecified atom stereocenters. The molecule has 114 valence electrons. The Balaban J connectivity index is 1.88. The van der Waals surface area contributed by atoms with Gasteiger partial charge in [0.15, 0.2) is 0 Å². The molecule has 4 nitrogen and oxygen atoms in total. The van der Waals surface area contributed by atoms with Crippen LogP contribution in [0.4, 0.5) is 4.39 Å². The van der Waals surface area contributed by atoms with Crippen LogP contribution < -0.4 is 4.74 Å². The Labute approximate surface area is 127 Å². The van der Waals surface area contributed by atoms with Crippen LogP contribution in [-0.2, 0) is 27.4 Å². The number of ether oxygens (including phenoxy) is 2. The van der Waals surface area contributed by atoms with Crippen LogP contribution in [-0.4, -0.2) is 11.9 Å². The van der Waals surface area contributed by atoms with Crippen molar-refractivity contribution < 1.29 is 23.5 Å². The Morgan fingerprint density at radius 3 is 2.14 bits per heavy atom. The van der Waals surface area contributed by atoms with Crippen molar-refractivity contribution >= 4 is 11.9 Å². The number of carbonyl (C=O) groups is 2. The average Bonchev–Trinajstić information content (AvgIpc) is 2.49. The van der Waals surface area contributed by atoms with Gasteiger partial charge in [0.1, 0.15) is 18.2 Å². The molecule has 0 saturated carbocycles. The first-order valence-electron chi connectivity index (χ1n) is 6.70. The summed E-state index contributed by atoms with van der Waals surface area (Å²) in [6.45, 7) is 1.55. The van der Waals surface area contributed by atoms with Crippen molar-refractivity contribution in [2.75, 3.05) is 0 Å². The van der Waals surface area contributed by atoms with Gasteiger partial charge in [-0.1, -0.05) is 24.3 Å². The van der Waals surface area contributed by atoms with Crippen molar-refractivity contribution in [3.63, 3.8) is 0 Å². The van der Waals surface area contributed by atoms with E-state index in [-0.39, 0.29) is 24.8 Å². The third kappa shape index (κ3) is 5.01. The topological polar surface area (TPSA) is 52.6 Å². The number of carbonyl (C=O) groups excluding carboxylic acids is 2. The molecule has 5 heteroatoms. The lowest BCUT2D eigenvalue weighted by molar-refractivity contribution is -0.142. The highest BCUT2D eigenvalue weighted by molar-refractivity contribution is 5.75. The Bertz CT molecular complexity index is 647. The fourth-order valence-electron chi connectivity index (χ4n) is 1.78. The number of benzene rings is 2. The summed E-state index contributed by atoms with van der Waals surface area (Å²) in [5, 5.41) is 0. The van der Waals surface area contributed by atoms with Gasteiger partial charge >= 0.3 is 11.9 Å². The molecule has 0 aliphatic carbocycles. The van der Waals surface area contributed by atoms with Crippen LogP contribution in [0.15, 0.2) is 48.5 Å². The van der Waals surface area contributed by atoms with E-state index in [0.29, 0.717) is 5.75 Å². The second-order valence-corrected chi connectivity index (χ2v) is 4.70. The Morgan fingerprint density at radius 1 is 0.955 bits per heavy atom. The van der Waals surface area contributed by atoms with Crippen molar-refractivity contribution in [1.82, 2.24) is 0 Å². The second kappa shape index (κ2) is 7.36. The molecule has 0 radical (unpaired) electrons. The van der Waals surface area contributed by atoms with E-state index in [1.54, 1.807) is 24.3 Å². The summed E-state index contributed by atoms with van der Waals surface area (Å²) in [6, 6.07) is 12.4. The van der Waals surface area contributed by atoms with Crippen molar-refractivity contribution in [2.24, 2.45) is 0 Å². The van der Waals surface area contributed by atoms with Gasteiger partial charge in [0, 0.05) is 6.92 Å². The lowest BCUT2D eigenvalue weighted by atomic mass is 10.1. The molecule has 22 heavy (non-hydrogen) atoms. The molecule has 0 saturated heterocycles. The molecule has 0 heterocycles. The second-order valence-electron chi connectivity index (χ2n) is 4.70. The van der Waals surface area contributed by atoms with Crippen molar-refractivity contribution in [3.05, 3.63) is 65.5 Å². The minimum atomic E-state index is -0.431. The number of rotatable bonds is 5. The number of hydrogen-bond acceptors (Lipinski definition) is 4. The van der Waals surface area contributed by atoms with Gasteiger partial charge in [-0.25, -0.2) is 4.39 Å². The van der Waals surface area contributed by atoms with Gasteiger partial charge < -0.3 is 9.47 Å². The van der Waals surface area contributed by atoms with Crippen LogP contribution in [0.25, 0.3) is 0 Å². The molecule has 0 N–H and O–H groups in total. The maximum atomic E-state index is 12.7. The van der Waals surface area contributed by atoms with E-state index in [1.165, 1.54) is 31.2 Å². The summed E-state index contributed by atoms with van der Waals surface area (Å²) < 4.78 is 22.7. The van der Waals surface area contributed by atoms with E-state index in [1.807, 2.05) is 0 Å². The molecule has 0 aliphatic rings. The molecule has 2 aromatic rings. The molecular formula is C17H15FO4. The highest BCUT2D eigenvalue weighted by Crippen LogP contribution is 2.13. The molecule has 0 amide bonds. The lowest BCUT2D eigenvalue weighted by Gasteiger charge is -2.06. The van der Waals surface area contributed by atoms with E-state index in [0.717, 1.165) is 11.1 Å². The van der Waals surface area contributed by atoms with Gasteiger partial charge in [-0.15, -0.1) is 0 Å². The molecule has 0 spiro atoms. The zero-order valence-corrected chi connectivity index (χ0v) is 12.0. The van der Waals surface area contributed by atoms with E-state index < -0.39 is 5.97 Å². The smallest absolute Gasteiger partial charge is 0.315 e. The first-order chi connectivity index (χ1) is 10.5. The highest BCUT2D eigenvalue weighted by Gasteiger charge is 2.07. The summed E-state index contributed by atoms with van der Waals surface area (Å²) >= 11 is 0. The molecule has 2 aromatic carbocycles. The maximum absolute atomic E-state index is 12.7. The fourth-order valence-corrected chi connectivity index (χ4v) is 1.78. The van der Waals surface area contributed by atoms with Gasteiger partial charge in [0.2, 0.25) is 0 Å². The molecular weight excluding hydrogens is 287 g/mol. The monoisotopic (exact) mass is 302 g/mol. The van der Waals surface area contributed by atoms with Crippen LogP contribution in [0.2, 0.25) is 0 Å². The first kappa shape index (κ1) is 15.7. The molecule has 0 bridgehead atoms. The Kier molecular flexibility index (Phi) is 5.25. The third-order valence-electron chi connectivity index (χ3n) is 2.86. The minimum Gasteiger partial charge on any atom is -0.461 e. The lowest BCUT2D eigenvalue weighted by Crippen LogP contribution is -2.11. The predicted octanol–water partition coefficient (Wildman–Crippen LogP) is 3.04. The molecule has 0 fully saturated rings. The SMILES string of the molecule is CC(=O)OCc1ccc(CC(=O)Oc2ccc(F)cc2)cc1. The average molecular weight is 302 g/mol. The highest BCUT2D eigenvalue weighted by atomic mass is 19.1. The van der Waals surface area contributed by atoms with Gasteiger partial charge in [-0.2, -0.15) is 0 Å². The van der Waals surface area contributed by atoms with Crippen LogP contribution in [0, 0.1) is 5.82 Å². The van der Waals surface area contributed by atoms with E-state index in [2.05, 4.69) is 0 Å². The number of halogens is 1. The Hall–Kier alpha value is -2.69. The van der Waals surface area contributed by atoms with Gasteiger partial charge in [0.05, 0.1) is 6.42 Å². The third-order valence-corrected chi connectivity index (χ3v) is 2.86. The molecule has 0 aromatic heterocycles. The van der Waals surface area contributed by atoms with Crippen LogP contribution in [0.1, 0.15) is 18.1 Å². The molecule has 0 aliphatic heterocycles. The normalized spacial score (nSPS) is 10.1. The van der Waals surface area contributed by atoms with Crippen LogP contribution in [0.3, 0.4) is 0 Å². The fraction of sp³-hybridized carbons (Fsp3) is 0.176. The summed E-state index contributed by atoms with van der Waals surface area (Å²) in [4.78, 5) is 22.5. The van der Waals surface area contributed by atoms with Crippen molar-refractivity contribution in [3.8, 4) is 5.75 Å². The van der Waals surface area contributed by atoms with Crippen molar-refractivity contribution in [1.29, 1.82) is 0 Å². The minimum absolute atomic E-state index is 0.102. The van der Waals surface area contributed by atoms with E-state index in [4.69, 9.17) is 9.47 Å². The van der Waals surface area contributed by atoms with E-state index >= 15 is 0 Å². The Morgan fingerprint density at radius 2 is 1.55 bits per heavy atom. The van der Waals surface area contributed by atoms with Gasteiger partial charge in [-0.3, -0.25) is 9.59 Å². The first-order valence-corrected chi connectivity index (χ1v) is 6.70. The maximum Gasteiger partial charge on any atom is 0.315 e. The van der Waals surface area contributed by atoms with E-state index in [9.17, 15) is 14.0 Å². The zero-order chi connectivity index (χ0) is 15.9. The summed E-state index contributed by atoms with van der Waals surface area (Å²) in [5.74, 6) is -0.854.